The lowest BCUT2D eigenvalue weighted by atomic mass is 9.92. The Balaban J connectivity index is 0.000000235. The van der Waals surface area contributed by atoms with Crippen LogP contribution in [0.4, 0.5) is 0 Å². The van der Waals surface area contributed by atoms with Crippen molar-refractivity contribution >= 4 is 48.1 Å². The van der Waals surface area contributed by atoms with Crippen LogP contribution in [0.15, 0.2) is 182 Å². The number of nitrogens with zero attached hydrogens (tertiary/aromatic N) is 1. The summed E-state index contributed by atoms with van der Waals surface area (Å²) in [5.74, 6) is -1.45. The van der Waals surface area contributed by atoms with Gasteiger partial charge in [0.25, 0.3) is 11.8 Å². The second kappa shape index (κ2) is 27.6. The molecule has 6 N–H and O–H groups in total. The predicted octanol–water partition coefficient (Wildman–Crippen LogP) is 8.80. The molecular formula is C55H62N5O6P. The quantitative estimate of drug-likeness (QED) is 0.0489. The van der Waals surface area contributed by atoms with Gasteiger partial charge < -0.3 is 26.9 Å². The zero-order valence-electron chi connectivity index (χ0n) is 38.3. The molecule has 6 aromatic carbocycles. The fraction of sp³-hybridized carbons (Fsp3) is 0.255. The van der Waals surface area contributed by atoms with Crippen LogP contribution in [0, 0.1) is 0 Å². The van der Waals surface area contributed by atoms with Crippen molar-refractivity contribution in [2.45, 2.75) is 83.0 Å². The van der Waals surface area contributed by atoms with Gasteiger partial charge in [-0.3, -0.25) is 19.2 Å². The van der Waals surface area contributed by atoms with E-state index in [1.165, 1.54) is 10.6 Å². The van der Waals surface area contributed by atoms with Crippen LogP contribution >= 0.6 is 7.92 Å². The Hall–Kier alpha value is -6.78. The van der Waals surface area contributed by atoms with Crippen LogP contribution in [-0.2, 0) is 28.8 Å². The molecule has 0 bridgehead atoms. The number of nitrogens with two attached hydrogens (primary N) is 2. The number of imide groups is 1. The third-order valence-electron chi connectivity index (χ3n) is 10.9. The lowest BCUT2D eigenvalue weighted by Crippen LogP contribution is -2.41. The van der Waals surface area contributed by atoms with Gasteiger partial charge in [-0.1, -0.05) is 196 Å². The van der Waals surface area contributed by atoms with Crippen molar-refractivity contribution in [2.75, 3.05) is 6.16 Å². The summed E-state index contributed by atoms with van der Waals surface area (Å²) in [6.07, 6.45) is 3.47. The van der Waals surface area contributed by atoms with E-state index in [2.05, 4.69) is 64.0 Å². The summed E-state index contributed by atoms with van der Waals surface area (Å²) in [7, 11) is -0.671. The van der Waals surface area contributed by atoms with Crippen molar-refractivity contribution < 1.29 is 28.8 Å². The van der Waals surface area contributed by atoms with E-state index in [9.17, 15) is 24.0 Å². The minimum Gasteiger partial charge on any atom is -0.347 e. The van der Waals surface area contributed by atoms with Crippen LogP contribution < -0.4 is 32.7 Å². The van der Waals surface area contributed by atoms with E-state index in [0.717, 1.165) is 34.8 Å². The number of nitrogens with one attached hydrogen (secondary N) is 2. The van der Waals surface area contributed by atoms with Gasteiger partial charge in [0.15, 0.2) is 0 Å². The van der Waals surface area contributed by atoms with Crippen LogP contribution in [0.2, 0.25) is 0 Å². The highest BCUT2D eigenvalue weighted by molar-refractivity contribution is 7.73. The van der Waals surface area contributed by atoms with Crippen molar-refractivity contribution in [2.24, 2.45) is 11.5 Å². The largest absolute Gasteiger partial charge is 0.347 e. The van der Waals surface area contributed by atoms with E-state index < -0.39 is 31.7 Å². The average molecular weight is 920 g/mol. The normalized spacial score (nSPS) is 13.7. The Morgan fingerprint density at radius 3 is 1.19 bits per heavy atom. The maximum absolute atomic E-state index is 13.5. The molecule has 0 spiro atoms. The van der Waals surface area contributed by atoms with Gasteiger partial charge in [-0.15, -0.1) is 5.06 Å². The van der Waals surface area contributed by atoms with E-state index in [4.69, 9.17) is 11.5 Å². The second-order valence-corrected chi connectivity index (χ2v) is 18.2. The molecule has 11 nitrogen and oxygen atoms in total. The summed E-state index contributed by atoms with van der Waals surface area (Å²) < 4.78 is 0. The molecule has 1 fully saturated rings. The van der Waals surface area contributed by atoms with E-state index >= 15 is 0 Å². The maximum atomic E-state index is 13.5. The van der Waals surface area contributed by atoms with Gasteiger partial charge in [-0.2, -0.15) is 0 Å². The number of amides is 4. The number of benzene rings is 6. The van der Waals surface area contributed by atoms with Gasteiger partial charge >= 0.3 is 5.97 Å². The van der Waals surface area contributed by atoms with Crippen LogP contribution in [0.5, 0.6) is 0 Å². The Bertz CT molecular complexity index is 2320. The average Bonchev–Trinajstić information content (AvgIpc) is 3.69. The summed E-state index contributed by atoms with van der Waals surface area (Å²) in [4.78, 5) is 63.7. The molecule has 0 aromatic heterocycles. The van der Waals surface area contributed by atoms with Crippen LogP contribution in [0.3, 0.4) is 0 Å². The molecule has 0 aliphatic carbocycles. The van der Waals surface area contributed by atoms with E-state index in [1.54, 1.807) is 0 Å². The van der Waals surface area contributed by atoms with Crippen molar-refractivity contribution in [3.8, 4) is 0 Å². The minimum atomic E-state index is -0.671. The molecule has 12 heteroatoms. The number of carbonyl (C=O) groups excluding carboxylic acids is 5. The molecule has 6 aromatic rings. The van der Waals surface area contributed by atoms with Crippen LogP contribution in [0.1, 0.15) is 105 Å². The van der Waals surface area contributed by atoms with Gasteiger partial charge in [0.1, 0.15) is 0 Å². The van der Waals surface area contributed by atoms with Gasteiger partial charge in [0.05, 0.1) is 12.1 Å². The van der Waals surface area contributed by atoms with E-state index in [0.29, 0.717) is 24.3 Å². The van der Waals surface area contributed by atoms with E-state index in [-0.39, 0.29) is 49.2 Å². The Kier molecular flexibility index (Phi) is 21.1. The molecule has 0 radical (unpaired) electrons. The molecule has 4 atom stereocenters. The molecule has 1 saturated heterocycles. The maximum Gasteiger partial charge on any atom is 0.333 e. The predicted molar refractivity (Wildman–Crippen MR) is 267 cm³/mol. The number of hydrogen-bond donors (Lipinski definition) is 4. The monoisotopic (exact) mass is 919 g/mol. The third kappa shape index (κ3) is 16.3. The molecule has 7 rings (SSSR count). The molecule has 1 aliphatic heterocycles. The Morgan fingerprint density at radius 1 is 0.507 bits per heavy atom. The molecule has 4 amide bonds. The van der Waals surface area contributed by atoms with Gasteiger partial charge in [0.2, 0.25) is 11.8 Å². The first-order valence-corrected chi connectivity index (χ1v) is 24.4. The highest BCUT2D eigenvalue weighted by Gasteiger charge is 2.32. The Morgan fingerprint density at radius 2 is 0.836 bits per heavy atom. The first-order valence-electron chi connectivity index (χ1n) is 22.8. The van der Waals surface area contributed by atoms with Gasteiger partial charge in [-0.05, 0) is 59.8 Å². The summed E-state index contributed by atoms with van der Waals surface area (Å²) in [5.41, 5.74) is 16.3. The zero-order valence-corrected chi connectivity index (χ0v) is 39.2. The molecule has 348 valence electrons. The molecule has 0 saturated carbocycles. The highest BCUT2D eigenvalue weighted by atomic mass is 31.1. The molecular weight excluding hydrogens is 858 g/mol. The smallest absolute Gasteiger partial charge is 0.333 e. The molecule has 0 unspecified atom stereocenters. The lowest BCUT2D eigenvalue weighted by Gasteiger charge is -2.30. The first kappa shape index (κ1) is 51.2. The van der Waals surface area contributed by atoms with Crippen molar-refractivity contribution in [1.82, 2.24) is 15.7 Å². The number of hydroxylamine groups is 2. The van der Waals surface area contributed by atoms with Crippen LogP contribution in [-0.4, -0.2) is 40.8 Å². The molecule has 1 aliphatic rings. The van der Waals surface area contributed by atoms with Crippen LogP contribution in [0.25, 0.3) is 0 Å². The highest BCUT2D eigenvalue weighted by Crippen LogP contribution is 2.35. The summed E-state index contributed by atoms with van der Waals surface area (Å²) in [5, 5.41) is 9.59. The molecule has 1 heterocycles. The summed E-state index contributed by atoms with van der Waals surface area (Å²) >= 11 is 0. The van der Waals surface area contributed by atoms with Crippen molar-refractivity contribution in [3.63, 3.8) is 0 Å². The summed E-state index contributed by atoms with van der Waals surface area (Å²) in [6.45, 7) is 3.81. The summed E-state index contributed by atoms with van der Waals surface area (Å²) in [6, 6.07) is 59.5. The zero-order chi connectivity index (χ0) is 47.8. The number of carbonyl (C=O) groups is 5. The second-order valence-electron chi connectivity index (χ2n) is 15.9. The number of hydrogen-bond acceptors (Lipinski definition) is 8. The Labute approximate surface area is 396 Å². The minimum absolute atomic E-state index is 0.0202. The topological polar surface area (TPSA) is 174 Å². The van der Waals surface area contributed by atoms with Crippen molar-refractivity contribution in [1.29, 1.82) is 0 Å². The third-order valence-corrected chi connectivity index (χ3v) is 13.4. The van der Waals surface area contributed by atoms with Gasteiger partial charge in [-0.25, -0.2) is 4.79 Å². The standard InChI is InChI=1S/C33H35N2O2P.C14H16N2.C8H11NO4/c1-2-15-30(36)34-32(26-16-7-3-8-17-26)33(27-18-9-4-10-19-27)35-31(37)24-25-38(28-20-11-5-12-21-28)29-22-13-6-14-23-29;15-13(11-7-3-1-4-8-11)14(16)12-9-5-2-6-10-12;1-2-3-8(12)13-9-6(10)4-5-7(9)11/h3-14,16-23,32-33H,2,15,24-25H2,1H3,(H,34,36)(H,35,37);1-10,13-14H,15-16H2;2-5H2,1H3/t32-,33-;13-,14-;/m11./s1. The van der Waals surface area contributed by atoms with Gasteiger partial charge in [0, 0.05) is 44.2 Å². The number of rotatable bonds is 18. The SMILES string of the molecule is CCCC(=O)N[C@H](c1ccccc1)[C@H](NC(=O)CCP(c1ccccc1)c1ccccc1)c1ccccc1.CCCC(=O)ON1C(=O)CCC1=O.N[C@H](c1ccccc1)[C@H](N)c1ccccc1. The fourth-order valence-electron chi connectivity index (χ4n) is 7.37. The lowest BCUT2D eigenvalue weighted by molar-refractivity contribution is -0.197. The van der Waals surface area contributed by atoms with E-state index in [1.807, 2.05) is 147 Å². The first-order chi connectivity index (χ1) is 32.6. The molecule has 67 heavy (non-hydrogen) atoms. The fourth-order valence-corrected chi connectivity index (χ4v) is 9.67. The van der Waals surface area contributed by atoms with Crippen molar-refractivity contribution in [3.05, 3.63) is 204 Å².